The summed E-state index contributed by atoms with van der Waals surface area (Å²) in [6.07, 6.45) is 9.79. The number of carbonyl (C=O) groups is 2. The third kappa shape index (κ3) is 4.71. The van der Waals surface area contributed by atoms with Gasteiger partial charge in [0.15, 0.2) is 0 Å². The third-order valence-electron chi connectivity index (χ3n) is 5.35. The van der Waals surface area contributed by atoms with E-state index < -0.39 is 5.41 Å². The Morgan fingerprint density at radius 2 is 1.62 bits per heavy atom. The Balaban J connectivity index is 1.40. The number of rotatable bonds is 8. The molecule has 0 bridgehead atoms. The SMILES string of the molecule is O=C(NCCC1=CCCCC1)C1(C(=O)NCCc2ccc(F)cc2)CC1. The van der Waals surface area contributed by atoms with Gasteiger partial charge in [0, 0.05) is 13.1 Å². The molecule has 1 fully saturated rings. The summed E-state index contributed by atoms with van der Waals surface area (Å²) < 4.78 is 12.9. The molecule has 26 heavy (non-hydrogen) atoms. The van der Waals surface area contributed by atoms with E-state index in [1.165, 1.54) is 30.5 Å². The number of nitrogens with one attached hydrogen (secondary N) is 2. The number of hydrogen-bond acceptors (Lipinski definition) is 2. The second-order valence-electron chi connectivity index (χ2n) is 7.33. The molecule has 4 nitrogen and oxygen atoms in total. The first-order valence-electron chi connectivity index (χ1n) is 9.59. The Bertz CT molecular complexity index is 678. The van der Waals surface area contributed by atoms with Gasteiger partial charge in [-0.25, -0.2) is 4.39 Å². The molecule has 0 aromatic heterocycles. The zero-order chi connectivity index (χ0) is 18.4. The van der Waals surface area contributed by atoms with Crippen LogP contribution in [0.15, 0.2) is 35.9 Å². The first-order valence-corrected chi connectivity index (χ1v) is 9.59. The van der Waals surface area contributed by atoms with E-state index in [9.17, 15) is 14.0 Å². The molecule has 0 heterocycles. The maximum atomic E-state index is 12.9. The molecule has 1 saturated carbocycles. The maximum absolute atomic E-state index is 12.9. The largest absolute Gasteiger partial charge is 0.355 e. The zero-order valence-corrected chi connectivity index (χ0v) is 15.2. The predicted molar refractivity (Wildman–Crippen MR) is 99.0 cm³/mol. The summed E-state index contributed by atoms with van der Waals surface area (Å²) in [6.45, 7) is 1.06. The van der Waals surface area contributed by atoms with E-state index in [0.717, 1.165) is 24.8 Å². The van der Waals surface area contributed by atoms with Crippen LogP contribution in [0.25, 0.3) is 0 Å². The molecule has 2 N–H and O–H groups in total. The highest BCUT2D eigenvalue weighted by molar-refractivity contribution is 6.07. The molecule has 0 unspecified atom stereocenters. The number of halogens is 1. The minimum atomic E-state index is -0.871. The van der Waals surface area contributed by atoms with Crippen molar-refractivity contribution in [3.05, 3.63) is 47.3 Å². The van der Waals surface area contributed by atoms with Crippen molar-refractivity contribution in [2.24, 2.45) is 5.41 Å². The Morgan fingerprint density at radius 3 is 2.19 bits per heavy atom. The van der Waals surface area contributed by atoms with Crippen molar-refractivity contribution >= 4 is 11.8 Å². The molecular weight excluding hydrogens is 331 g/mol. The van der Waals surface area contributed by atoms with Gasteiger partial charge in [-0.2, -0.15) is 0 Å². The van der Waals surface area contributed by atoms with Crippen molar-refractivity contribution in [1.82, 2.24) is 10.6 Å². The minimum absolute atomic E-state index is 0.145. The number of hydrogen-bond donors (Lipinski definition) is 2. The van der Waals surface area contributed by atoms with Crippen LogP contribution >= 0.6 is 0 Å². The van der Waals surface area contributed by atoms with Crippen LogP contribution in [-0.2, 0) is 16.0 Å². The number of allylic oxidation sites excluding steroid dienone is 1. The summed E-state index contributed by atoms with van der Waals surface area (Å²) in [6, 6.07) is 6.24. The van der Waals surface area contributed by atoms with Crippen LogP contribution in [0.3, 0.4) is 0 Å². The lowest BCUT2D eigenvalue weighted by atomic mass is 9.97. The predicted octanol–water partition coefficient (Wildman–Crippen LogP) is 3.27. The molecule has 2 aliphatic carbocycles. The Hall–Kier alpha value is -2.17. The molecule has 140 valence electrons. The quantitative estimate of drug-likeness (QED) is 0.553. The van der Waals surface area contributed by atoms with Gasteiger partial charge in [0.2, 0.25) is 11.8 Å². The van der Waals surface area contributed by atoms with Crippen LogP contribution in [0.1, 0.15) is 50.5 Å². The minimum Gasteiger partial charge on any atom is -0.355 e. The smallest absolute Gasteiger partial charge is 0.235 e. The molecule has 0 atom stereocenters. The molecule has 1 aromatic carbocycles. The Morgan fingerprint density at radius 1 is 0.962 bits per heavy atom. The van der Waals surface area contributed by atoms with Gasteiger partial charge < -0.3 is 10.6 Å². The molecular formula is C21H27FN2O2. The van der Waals surface area contributed by atoms with Crippen molar-refractivity contribution in [1.29, 1.82) is 0 Å². The van der Waals surface area contributed by atoms with Crippen molar-refractivity contribution < 1.29 is 14.0 Å². The second kappa shape index (κ2) is 8.47. The van der Waals surface area contributed by atoms with E-state index in [2.05, 4.69) is 16.7 Å². The van der Waals surface area contributed by atoms with E-state index in [1.807, 2.05) is 0 Å². The van der Waals surface area contributed by atoms with Crippen LogP contribution in [0.2, 0.25) is 0 Å². The fourth-order valence-electron chi connectivity index (χ4n) is 3.46. The molecule has 0 spiro atoms. The average Bonchev–Trinajstić information content (AvgIpc) is 3.46. The van der Waals surface area contributed by atoms with Crippen LogP contribution < -0.4 is 10.6 Å². The van der Waals surface area contributed by atoms with Crippen molar-refractivity contribution in [3.8, 4) is 0 Å². The molecule has 5 heteroatoms. The fourth-order valence-corrected chi connectivity index (χ4v) is 3.46. The molecule has 3 rings (SSSR count). The van der Waals surface area contributed by atoms with Crippen molar-refractivity contribution in [2.45, 2.75) is 51.4 Å². The summed E-state index contributed by atoms with van der Waals surface area (Å²) >= 11 is 0. The lowest BCUT2D eigenvalue weighted by molar-refractivity contribution is -0.137. The van der Waals surface area contributed by atoms with E-state index in [1.54, 1.807) is 12.1 Å². The highest BCUT2D eigenvalue weighted by Gasteiger charge is 2.56. The number of carbonyl (C=O) groups excluding carboxylic acids is 2. The lowest BCUT2D eigenvalue weighted by Crippen LogP contribution is -2.43. The summed E-state index contributed by atoms with van der Waals surface area (Å²) in [7, 11) is 0. The van der Waals surface area contributed by atoms with E-state index >= 15 is 0 Å². The Kier molecular flexibility index (Phi) is 6.07. The van der Waals surface area contributed by atoms with Gasteiger partial charge in [-0.3, -0.25) is 9.59 Å². The summed E-state index contributed by atoms with van der Waals surface area (Å²) in [5.74, 6) is -0.599. The molecule has 2 amide bonds. The van der Waals surface area contributed by atoms with Gasteiger partial charge in [0.25, 0.3) is 0 Å². The van der Waals surface area contributed by atoms with Crippen LogP contribution in [0, 0.1) is 11.2 Å². The fraction of sp³-hybridized carbons (Fsp3) is 0.524. The summed E-state index contributed by atoms with van der Waals surface area (Å²) in [5, 5.41) is 5.81. The van der Waals surface area contributed by atoms with E-state index in [4.69, 9.17) is 0 Å². The molecule has 0 saturated heterocycles. The number of amides is 2. The van der Waals surface area contributed by atoms with E-state index in [0.29, 0.717) is 32.4 Å². The molecule has 1 aromatic rings. The normalized spacial score (nSPS) is 18.0. The Labute approximate surface area is 154 Å². The van der Waals surface area contributed by atoms with Gasteiger partial charge in [-0.05, 0) is 69.1 Å². The molecule has 2 aliphatic rings. The average molecular weight is 358 g/mol. The van der Waals surface area contributed by atoms with Gasteiger partial charge >= 0.3 is 0 Å². The van der Waals surface area contributed by atoms with Gasteiger partial charge in [0.1, 0.15) is 11.2 Å². The zero-order valence-electron chi connectivity index (χ0n) is 15.2. The van der Waals surface area contributed by atoms with Crippen LogP contribution in [-0.4, -0.2) is 24.9 Å². The summed E-state index contributed by atoms with van der Waals surface area (Å²) in [5.41, 5.74) is 1.51. The van der Waals surface area contributed by atoms with E-state index in [-0.39, 0.29) is 17.6 Å². The van der Waals surface area contributed by atoms with Gasteiger partial charge in [0.05, 0.1) is 0 Å². The van der Waals surface area contributed by atoms with Crippen molar-refractivity contribution in [2.75, 3.05) is 13.1 Å². The topological polar surface area (TPSA) is 58.2 Å². The standard InChI is InChI=1S/C21H27FN2O2/c22-18-8-6-17(7-9-18)11-15-24-20(26)21(12-13-21)19(25)23-14-10-16-4-2-1-3-5-16/h4,6-9H,1-3,5,10-15H2,(H,23,25)(H,24,26). The highest BCUT2D eigenvalue weighted by Crippen LogP contribution is 2.46. The van der Waals surface area contributed by atoms with Crippen LogP contribution in [0.4, 0.5) is 4.39 Å². The lowest BCUT2D eigenvalue weighted by Gasteiger charge is -2.17. The van der Waals surface area contributed by atoms with Crippen LogP contribution in [0.5, 0.6) is 0 Å². The highest BCUT2D eigenvalue weighted by atomic mass is 19.1. The molecule has 0 radical (unpaired) electrons. The summed E-state index contributed by atoms with van der Waals surface area (Å²) in [4.78, 5) is 24.9. The third-order valence-corrected chi connectivity index (χ3v) is 5.35. The number of benzene rings is 1. The first kappa shape index (κ1) is 18.6. The van der Waals surface area contributed by atoms with Gasteiger partial charge in [-0.1, -0.05) is 23.8 Å². The first-order chi connectivity index (χ1) is 12.6. The van der Waals surface area contributed by atoms with Gasteiger partial charge in [-0.15, -0.1) is 0 Å². The monoisotopic (exact) mass is 358 g/mol. The molecule has 0 aliphatic heterocycles. The second-order valence-corrected chi connectivity index (χ2v) is 7.33. The maximum Gasteiger partial charge on any atom is 0.235 e. The van der Waals surface area contributed by atoms with Crippen molar-refractivity contribution in [3.63, 3.8) is 0 Å².